The summed E-state index contributed by atoms with van der Waals surface area (Å²) in [5.74, 6) is -0.385. The van der Waals surface area contributed by atoms with E-state index in [-0.39, 0.29) is 42.4 Å². The first-order valence-corrected chi connectivity index (χ1v) is 19.6. The van der Waals surface area contributed by atoms with Gasteiger partial charge in [-0.3, -0.25) is 0 Å². The Morgan fingerprint density at radius 2 is 0.900 bits per heavy atom. The SMILES string of the molecule is Oc1c(O)c2c(c(O)c1Br)Pc1c(O)c(Br)c(O)c(O)c1N2c1cc(-c2ccc3c(c2)C2CCC3C2)cc(-c2ccc3c(c2)C2CCC3C2)c1. The summed E-state index contributed by atoms with van der Waals surface area (Å²) >= 11 is 6.42. The van der Waals surface area contributed by atoms with Gasteiger partial charge in [-0.05, 0) is 165 Å². The van der Waals surface area contributed by atoms with Gasteiger partial charge in [-0.2, -0.15) is 0 Å². The highest BCUT2D eigenvalue weighted by Gasteiger charge is 2.40. The number of nitrogens with zero attached hydrogens (tertiary/aromatic N) is 1. The fourth-order valence-corrected chi connectivity index (χ4v) is 12.2. The van der Waals surface area contributed by atoms with E-state index in [4.69, 9.17) is 0 Å². The Morgan fingerprint density at radius 1 is 0.480 bits per heavy atom. The van der Waals surface area contributed by atoms with E-state index in [0.29, 0.717) is 29.4 Å². The van der Waals surface area contributed by atoms with Crippen molar-refractivity contribution in [2.45, 2.75) is 62.2 Å². The standard InChI is InChI=1S/C40H32Br2NO6P/c41-29-33(44)37(48)31-39(35(29)46)50-40-32(38(49)34(45)30(42)36(40)47)43(31)24-12-22(16-5-7-25-18-1-3-20(9-18)27(25)14-16)11-23(13-24)17-6-8-26-19-2-4-21(10-19)28(26)15-17/h5-8,11-15,18-21,44-50H,1-4,9-10H2. The normalized spacial score (nSPS) is 22.1. The molecule has 10 rings (SSSR count). The number of hydrogen-bond donors (Lipinski definition) is 6. The monoisotopic (exact) mass is 811 g/mol. The zero-order valence-corrected chi connectivity index (χ0v) is 30.8. The molecule has 252 valence electrons. The number of rotatable bonds is 3. The van der Waals surface area contributed by atoms with Crippen molar-refractivity contribution in [2.75, 3.05) is 4.90 Å². The van der Waals surface area contributed by atoms with Gasteiger partial charge in [-0.15, -0.1) is 0 Å². The topological polar surface area (TPSA) is 125 Å². The molecule has 5 aromatic carbocycles. The summed E-state index contributed by atoms with van der Waals surface area (Å²) in [6, 6.07) is 19.6. The van der Waals surface area contributed by atoms with Crippen molar-refractivity contribution >= 4 is 68.1 Å². The number of phenolic OH excluding ortho intramolecular Hbond substituents is 6. The van der Waals surface area contributed by atoms with Crippen LogP contribution in [0.15, 0.2) is 63.5 Å². The summed E-state index contributed by atoms with van der Waals surface area (Å²) in [4.78, 5) is 1.53. The van der Waals surface area contributed by atoms with Gasteiger partial charge in [0, 0.05) is 16.3 Å². The fourth-order valence-electron chi connectivity index (χ4n) is 9.63. The van der Waals surface area contributed by atoms with Crippen LogP contribution in [0.3, 0.4) is 0 Å². The summed E-state index contributed by atoms with van der Waals surface area (Å²) in [7, 11) is -0.444. The van der Waals surface area contributed by atoms with Crippen LogP contribution in [0.1, 0.15) is 84.5 Å². The second-order valence-corrected chi connectivity index (χ2v) is 17.3. The number of benzene rings is 5. The van der Waals surface area contributed by atoms with Gasteiger partial charge in [-0.25, -0.2) is 0 Å². The molecular weight excluding hydrogens is 781 g/mol. The van der Waals surface area contributed by atoms with Gasteiger partial charge in [0.2, 0.25) is 0 Å². The fraction of sp³-hybridized carbons (Fsp3) is 0.250. The Kier molecular flexibility index (Phi) is 6.67. The van der Waals surface area contributed by atoms with E-state index in [0.717, 1.165) is 22.3 Å². The minimum atomic E-state index is -0.566. The maximum atomic E-state index is 11.6. The Balaban J connectivity index is 1.25. The molecule has 5 aliphatic rings. The molecular formula is C40H32Br2NO6P. The molecule has 0 aromatic heterocycles. The van der Waals surface area contributed by atoms with E-state index >= 15 is 0 Å². The molecule has 4 bridgehead atoms. The lowest BCUT2D eigenvalue weighted by atomic mass is 9.87. The second kappa shape index (κ2) is 10.8. The molecule has 6 N–H and O–H groups in total. The molecule has 4 unspecified atom stereocenters. The van der Waals surface area contributed by atoms with Gasteiger partial charge in [0.05, 0.1) is 0 Å². The molecule has 0 saturated heterocycles. The van der Waals surface area contributed by atoms with Crippen molar-refractivity contribution < 1.29 is 30.6 Å². The summed E-state index contributed by atoms with van der Waals surface area (Å²) < 4.78 is -0.166. The third kappa shape index (κ3) is 4.17. The first kappa shape index (κ1) is 30.9. The van der Waals surface area contributed by atoms with Crippen LogP contribution in [0.25, 0.3) is 22.3 Å². The first-order chi connectivity index (χ1) is 24.1. The second-order valence-electron chi connectivity index (χ2n) is 14.5. The summed E-state index contributed by atoms with van der Waals surface area (Å²) in [6.07, 6.45) is 7.29. The van der Waals surface area contributed by atoms with Crippen LogP contribution in [-0.4, -0.2) is 30.6 Å². The van der Waals surface area contributed by atoms with Gasteiger partial charge < -0.3 is 35.5 Å². The van der Waals surface area contributed by atoms with Gasteiger partial charge in [0.1, 0.15) is 31.8 Å². The number of phenols is 6. The average molecular weight is 813 g/mol. The highest BCUT2D eigenvalue weighted by molar-refractivity contribution is 9.11. The molecule has 2 fully saturated rings. The Labute approximate surface area is 306 Å². The summed E-state index contributed by atoms with van der Waals surface area (Å²) in [6.45, 7) is 0. The van der Waals surface area contributed by atoms with E-state index in [1.807, 2.05) is 12.1 Å². The molecule has 5 aromatic rings. The Hall–Kier alpha value is -3.91. The van der Waals surface area contributed by atoms with Crippen molar-refractivity contribution in [3.8, 4) is 56.8 Å². The molecule has 0 spiro atoms. The number of hydrogen-bond acceptors (Lipinski definition) is 7. The smallest absolute Gasteiger partial charge is 0.184 e. The lowest BCUT2D eigenvalue weighted by molar-refractivity contribution is 0.392. The number of aromatic hydroxyl groups is 6. The largest absolute Gasteiger partial charge is 0.506 e. The van der Waals surface area contributed by atoms with Crippen molar-refractivity contribution in [3.63, 3.8) is 0 Å². The van der Waals surface area contributed by atoms with Crippen LogP contribution in [0, 0.1) is 0 Å². The van der Waals surface area contributed by atoms with Crippen LogP contribution >= 0.6 is 40.4 Å². The van der Waals surface area contributed by atoms with E-state index in [1.54, 1.807) is 0 Å². The Morgan fingerprint density at radius 3 is 1.34 bits per heavy atom. The predicted octanol–water partition coefficient (Wildman–Crippen LogP) is 9.92. The molecule has 7 nitrogen and oxygen atoms in total. The zero-order valence-electron chi connectivity index (χ0n) is 26.6. The number of fused-ring (bicyclic) bond motifs is 12. The van der Waals surface area contributed by atoms with E-state index in [2.05, 4.69) is 74.3 Å². The quantitative estimate of drug-likeness (QED) is 0.0597. The molecule has 4 aliphatic carbocycles. The van der Waals surface area contributed by atoms with Crippen molar-refractivity contribution in [3.05, 3.63) is 85.8 Å². The number of anilines is 3. The molecule has 0 amide bonds. The minimum Gasteiger partial charge on any atom is -0.506 e. The zero-order chi connectivity index (χ0) is 34.3. The van der Waals surface area contributed by atoms with E-state index < -0.39 is 31.6 Å². The summed E-state index contributed by atoms with van der Waals surface area (Å²) in [5, 5.41) is 68.2. The summed E-state index contributed by atoms with van der Waals surface area (Å²) in [5.41, 5.74) is 10.2. The molecule has 10 heteroatoms. The van der Waals surface area contributed by atoms with E-state index in [1.165, 1.54) is 65.7 Å². The number of halogens is 2. The molecule has 4 atom stereocenters. The van der Waals surface area contributed by atoms with Crippen LogP contribution < -0.4 is 15.5 Å². The highest BCUT2D eigenvalue weighted by atomic mass is 79.9. The van der Waals surface area contributed by atoms with Crippen molar-refractivity contribution in [2.24, 2.45) is 0 Å². The van der Waals surface area contributed by atoms with Crippen molar-refractivity contribution in [1.82, 2.24) is 0 Å². The lowest BCUT2D eigenvalue weighted by Gasteiger charge is -2.36. The predicted molar refractivity (Wildman–Crippen MR) is 204 cm³/mol. The minimum absolute atomic E-state index is 0.0473. The third-order valence-electron chi connectivity index (χ3n) is 12.0. The molecule has 2 saturated carbocycles. The lowest BCUT2D eigenvalue weighted by Crippen LogP contribution is -2.28. The van der Waals surface area contributed by atoms with E-state index in [9.17, 15) is 30.6 Å². The van der Waals surface area contributed by atoms with Crippen LogP contribution in [-0.2, 0) is 0 Å². The molecule has 50 heavy (non-hydrogen) atoms. The molecule has 1 aliphatic heterocycles. The van der Waals surface area contributed by atoms with Gasteiger partial charge in [0.15, 0.2) is 23.0 Å². The first-order valence-electron chi connectivity index (χ1n) is 17.0. The highest BCUT2D eigenvalue weighted by Crippen LogP contribution is 2.60. The molecule has 1 heterocycles. The van der Waals surface area contributed by atoms with Crippen LogP contribution in [0.4, 0.5) is 17.1 Å². The molecule has 0 radical (unpaired) electrons. The third-order valence-corrected chi connectivity index (χ3v) is 15.0. The maximum Gasteiger partial charge on any atom is 0.184 e. The maximum absolute atomic E-state index is 11.6. The van der Waals surface area contributed by atoms with Gasteiger partial charge >= 0.3 is 0 Å². The van der Waals surface area contributed by atoms with Crippen LogP contribution in [0.5, 0.6) is 34.5 Å². The van der Waals surface area contributed by atoms with Crippen LogP contribution in [0.2, 0.25) is 0 Å². The van der Waals surface area contributed by atoms with Gasteiger partial charge in [0.25, 0.3) is 0 Å². The van der Waals surface area contributed by atoms with Crippen molar-refractivity contribution in [1.29, 1.82) is 0 Å². The van der Waals surface area contributed by atoms with Gasteiger partial charge in [-0.1, -0.05) is 36.4 Å². The average Bonchev–Trinajstić information content (AvgIpc) is 3.96. The Bertz CT molecular complexity index is 2200.